The summed E-state index contributed by atoms with van der Waals surface area (Å²) in [4.78, 5) is 26.8. The molecule has 1 atom stereocenters. The second kappa shape index (κ2) is 6.54. The third-order valence-corrected chi connectivity index (χ3v) is 4.36. The molecule has 0 saturated carbocycles. The van der Waals surface area contributed by atoms with Crippen molar-refractivity contribution >= 4 is 11.8 Å². The molecular formula is C14H24N2O4. The van der Waals surface area contributed by atoms with Crippen molar-refractivity contribution in [3.63, 3.8) is 0 Å². The molecule has 2 fully saturated rings. The molecule has 6 nitrogen and oxygen atoms in total. The van der Waals surface area contributed by atoms with Crippen LogP contribution in [0.1, 0.15) is 25.7 Å². The van der Waals surface area contributed by atoms with E-state index in [4.69, 9.17) is 9.47 Å². The summed E-state index contributed by atoms with van der Waals surface area (Å²) < 4.78 is 10.5. The molecule has 0 spiro atoms. The van der Waals surface area contributed by atoms with E-state index < -0.39 is 5.54 Å². The Balaban J connectivity index is 2.18. The summed E-state index contributed by atoms with van der Waals surface area (Å²) in [6.45, 7) is 2.14. The number of rotatable bonds is 4. The van der Waals surface area contributed by atoms with Gasteiger partial charge in [0.15, 0.2) is 0 Å². The molecule has 0 radical (unpaired) electrons. The van der Waals surface area contributed by atoms with Crippen LogP contribution in [0.15, 0.2) is 0 Å². The zero-order valence-corrected chi connectivity index (χ0v) is 12.3. The van der Waals surface area contributed by atoms with Gasteiger partial charge in [0.2, 0.25) is 11.8 Å². The van der Waals surface area contributed by atoms with Gasteiger partial charge in [0.1, 0.15) is 5.54 Å². The van der Waals surface area contributed by atoms with E-state index in [1.807, 2.05) is 0 Å². The second-order valence-corrected chi connectivity index (χ2v) is 5.52. The summed E-state index contributed by atoms with van der Waals surface area (Å²) in [6.07, 6.45) is 2.99. The second-order valence-electron chi connectivity index (χ2n) is 5.52. The van der Waals surface area contributed by atoms with Crippen molar-refractivity contribution in [2.24, 2.45) is 5.92 Å². The van der Waals surface area contributed by atoms with Crippen LogP contribution >= 0.6 is 0 Å². The molecule has 1 N–H and O–H groups in total. The van der Waals surface area contributed by atoms with Crippen LogP contribution in [0.5, 0.6) is 0 Å². The summed E-state index contributed by atoms with van der Waals surface area (Å²) in [5, 5.41) is 2.68. The number of hydrogen-bond donors (Lipinski definition) is 1. The molecule has 0 bridgehead atoms. The van der Waals surface area contributed by atoms with Gasteiger partial charge in [-0.25, -0.2) is 0 Å². The summed E-state index contributed by atoms with van der Waals surface area (Å²) >= 11 is 0. The Morgan fingerprint density at radius 3 is 2.70 bits per heavy atom. The Morgan fingerprint density at radius 1 is 1.40 bits per heavy atom. The highest BCUT2D eigenvalue weighted by molar-refractivity contribution is 5.92. The molecule has 0 aromatic carbocycles. The minimum absolute atomic E-state index is 0.0252. The maximum absolute atomic E-state index is 12.7. The molecule has 0 aromatic rings. The lowest BCUT2D eigenvalue weighted by molar-refractivity contribution is -0.152. The molecule has 6 heteroatoms. The van der Waals surface area contributed by atoms with E-state index in [0.717, 1.165) is 19.3 Å². The minimum atomic E-state index is -0.834. The van der Waals surface area contributed by atoms with E-state index in [0.29, 0.717) is 26.2 Å². The molecule has 20 heavy (non-hydrogen) atoms. The van der Waals surface area contributed by atoms with Crippen LogP contribution in [0.2, 0.25) is 0 Å². The fourth-order valence-electron chi connectivity index (χ4n) is 3.29. The SMILES string of the molecule is CNC(=O)C1(COC)CCCN1C(=O)C1CCOCC1. The van der Waals surface area contributed by atoms with Gasteiger partial charge < -0.3 is 19.7 Å². The third kappa shape index (κ3) is 2.67. The van der Waals surface area contributed by atoms with Gasteiger partial charge in [-0.3, -0.25) is 9.59 Å². The van der Waals surface area contributed by atoms with Crippen LogP contribution in [-0.2, 0) is 19.1 Å². The fraction of sp³-hybridized carbons (Fsp3) is 0.857. The van der Waals surface area contributed by atoms with Gasteiger partial charge in [-0.05, 0) is 25.7 Å². The van der Waals surface area contributed by atoms with Crippen molar-refractivity contribution in [1.29, 1.82) is 0 Å². The quantitative estimate of drug-likeness (QED) is 0.799. The number of carbonyl (C=O) groups is 2. The zero-order valence-electron chi connectivity index (χ0n) is 12.3. The van der Waals surface area contributed by atoms with Gasteiger partial charge in [-0.2, -0.15) is 0 Å². The molecule has 114 valence electrons. The van der Waals surface area contributed by atoms with Gasteiger partial charge in [0.25, 0.3) is 0 Å². The van der Waals surface area contributed by atoms with Crippen molar-refractivity contribution < 1.29 is 19.1 Å². The molecule has 2 saturated heterocycles. The molecule has 2 aliphatic heterocycles. The fourth-order valence-corrected chi connectivity index (χ4v) is 3.29. The summed E-state index contributed by atoms with van der Waals surface area (Å²) in [5.41, 5.74) is -0.834. The Bertz CT molecular complexity index is 368. The van der Waals surface area contributed by atoms with E-state index >= 15 is 0 Å². The summed E-state index contributed by atoms with van der Waals surface area (Å²) in [5.74, 6) is -0.0774. The number of likely N-dealkylation sites (N-methyl/N-ethyl adjacent to an activating group) is 1. The average molecular weight is 284 g/mol. The van der Waals surface area contributed by atoms with Crippen molar-refractivity contribution in [3.05, 3.63) is 0 Å². The lowest BCUT2D eigenvalue weighted by Gasteiger charge is -2.38. The highest BCUT2D eigenvalue weighted by Gasteiger charge is 2.50. The van der Waals surface area contributed by atoms with Gasteiger partial charge in [0.05, 0.1) is 6.61 Å². The Hall–Kier alpha value is -1.14. The maximum Gasteiger partial charge on any atom is 0.248 e. The largest absolute Gasteiger partial charge is 0.382 e. The van der Waals surface area contributed by atoms with E-state index in [2.05, 4.69) is 5.32 Å². The van der Waals surface area contributed by atoms with Crippen molar-refractivity contribution in [2.75, 3.05) is 40.5 Å². The summed E-state index contributed by atoms with van der Waals surface area (Å²) in [6, 6.07) is 0. The minimum Gasteiger partial charge on any atom is -0.382 e. The van der Waals surface area contributed by atoms with E-state index in [1.54, 1.807) is 19.1 Å². The predicted octanol–water partition coefficient (Wildman–Crippen LogP) is 0.167. The van der Waals surface area contributed by atoms with Gasteiger partial charge in [-0.15, -0.1) is 0 Å². The number of amides is 2. The standard InChI is InChI=1S/C14H24N2O4/c1-15-13(18)14(10-19-2)6-3-7-16(14)12(17)11-4-8-20-9-5-11/h11H,3-10H2,1-2H3,(H,15,18). The van der Waals surface area contributed by atoms with Crippen molar-refractivity contribution in [1.82, 2.24) is 10.2 Å². The maximum atomic E-state index is 12.7. The van der Waals surface area contributed by atoms with Gasteiger partial charge in [-0.1, -0.05) is 0 Å². The number of ether oxygens (including phenoxy) is 2. The predicted molar refractivity (Wildman–Crippen MR) is 73.2 cm³/mol. The first-order chi connectivity index (χ1) is 9.65. The Labute approximate surface area is 119 Å². The number of nitrogens with zero attached hydrogens (tertiary/aromatic N) is 1. The Kier molecular flexibility index (Phi) is 4.99. The zero-order chi connectivity index (χ0) is 14.6. The first-order valence-corrected chi connectivity index (χ1v) is 7.26. The number of carbonyl (C=O) groups excluding carboxylic acids is 2. The number of likely N-dealkylation sites (tertiary alicyclic amines) is 1. The molecular weight excluding hydrogens is 260 g/mol. The van der Waals surface area contributed by atoms with E-state index in [9.17, 15) is 9.59 Å². The molecule has 0 aromatic heterocycles. The number of methoxy groups -OCH3 is 1. The van der Waals surface area contributed by atoms with Crippen LogP contribution in [0.25, 0.3) is 0 Å². The van der Waals surface area contributed by atoms with Crippen LogP contribution < -0.4 is 5.32 Å². The number of hydrogen-bond acceptors (Lipinski definition) is 4. The van der Waals surface area contributed by atoms with E-state index in [-0.39, 0.29) is 24.3 Å². The lowest BCUT2D eigenvalue weighted by atomic mass is 9.92. The van der Waals surface area contributed by atoms with Crippen molar-refractivity contribution in [3.8, 4) is 0 Å². The van der Waals surface area contributed by atoms with Crippen LogP contribution in [-0.4, -0.2) is 62.8 Å². The average Bonchev–Trinajstić information content (AvgIpc) is 2.91. The van der Waals surface area contributed by atoms with Crippen LogP contribution in [0.4, 0.5) is 0 Å². The molecule has 2 heterocycles. The number of nitrogens with one attached hydrogen (secondary N) is 1. The van der Waals surface area contributed by atoms with Crippen molar-refractivity contribution in [2.45, 2.75) is 31.2 Å². The molecule has 2 rings (SSSR count). The molecule has 1 unspecified atom stereocenters. The van der Waals surface area contributed by atoms with E-state index in [1.165, 1.54) is 0 Å². The lowest BCUT2D eigenvalue weighted by Crippen LogP contribution is -2.60. The highest BCUT2D eigenvalue weighted by Crippen LogP contribution is 2.33. The smallest absolute Gasteiger partial charge is 0.248 e. The normalized spacial score (nSPS) is 27.6. The topological polar surface area (TPSA) is 67.9 Å². The molecule has 0 aliphatic carbocycles. The first-order valence-electron chi connectivity index (χ1n) is 7.26. The van der Waals surface area contributed by atoms with Crippen LogP contribution in [0.3, 0.4) is 0 Å². The first kappa shape index (κ1) is 15.3. The Morgan fingerprint density at radius 2 is 2.10 bits per heavy atom. The monoisotopic (exact) mass is 284 g/mol. The third-order valence-electron chi connectivity index (χ3n) is 4.36. The highest BCUT2D eigenvalue weighted by atomic mass is 16.5. The molecule has 2 amide bonds. The molecule has 2 aliphatic rings. The summed E-state index contributed by atoms with van der Waals surface area (Å²) in [7, 11) is 3.18. The van der Waals surface area contributed by atoms with Gasteiger partial charge in [0, 0.05) is 39.8 Å². The van der Waals surface area contributed by atoms with Gasteiger partial charge >= 0.3 is 0 Å². The van der Waals surface area contributed by atoms with Crippen LogP contribution in [0, 0.1) is 5.92 Å².